The second-order valence-corrected chi connectivity index (χ2v) is 6.30. The van der Waals surface area contributed by atoms with Gasteiger partial charge in [0.1, 0.15) is 11.6 Å². The van der Waals surface area contributed by atoms with Crippen molar-refractivity contribution in [2.45, 2.75) is 12.6 Å². The van der Waals surface area contributed by atoms with Crippen LogP contribution >= 0.6 is 0 Å². The molecule has 0 fully saturated rings. The normalized spacial score (nSPS) is 11.1. The van der Waals surface area contributed by atoms with E-state index >= 15 is 0 Å². The summed E-state index contributed by atoms with van der Waals surface area (Å²) in [5, 5.41) is 4.68. The van der Waals surface area contributed by atoms with Crippen molar-refractivity contribution in [1.82, 2.24) is 5.32 Å². The molecule has 0 bridgehead atoms. The molecule has 0 radical (unpaired) electrons. The van der Waals surface area contributed by atoms with Gasteiger partial charge in [0.05, 0.1) is 22.5 Å². The van der Waals surface area contributed by atoms with Crippen molar-refractivity contribution in [3.8, 4) is 0 Å². The highest BCUT2D eigenvalue weighted by molar-refractivity contribution is 5.96. The van der Waals surface area contributed by atoms with Crippen molar-refractivity contribution in [2.75, 3.05) is 30.9 Å². The predicted octanol–water partition coefficient (Wildman–Crippen LogP) is 3.81. The number of halogens is 5. The SMILES string of the molecule is CN(C)c1ccc(C(F)(F)F)cc1NC(=O)CCNC(=O)c1ccc(F)cc1F. The van der Waals surface area contributed by atoms with Gasteiger partial charge in [-0.15, -0.1) is 0 Å². The molecule has 0 saturated carbocycles. The second-order valence-electron chi connectivity index (χ2n) is 6.30. The van der Waals surface area contributed by atoms with Crippen molar-refractivity contribution >= 4 is 23.2 Å². The maximum absolute atomic E-state index is 13.6. The Morgan fingerprint density at radius 2 is 1.72 bits per heavy atom. The van der Waals surface area contributed by atoms with Gasteiger partial charge in [0.15, 0.2) is 0 Å². The first-order chi connectivity index (χ1) is 13.5. The third-order valence-corrected chi connectivity index (χ3v) is 3.89. The minimum absolute atomic E-state index is 0.0364. The molecule has 0 aliphatic heterocycles. The molecule has 2 N–H and O–H groups in total. The van der Waals surface area contributed by atoms with Crippen LogP contribution in [0.5, 0.6) is 0 Å². The van der Waals surface area contributed by atoms with Gasteiger partial charge in [-0.3, -0.25) is 9.59 Å². The lowest BCUT2D eigenvalue weighted by Crippen LogP contribution is -2.28. The van der Waals surface area contributed by atoms with Gasteiger partial charge in [-0.2, -0.15) is 13.2 Å². The Morgan fingerprint density at radius 1 is 1.03 bits per heavy atom. The van der Waals surface area contributed by atoms with Crippen LogP contribution in [-0.2, 0) is 11.0 Å². The molecule has 2 rings (SSSR count). The minimum Gasteiger partial charge on any atom is -0.376 e. The number of hydrogen-bond acceptors (Lipinski definition) is 3. The molecule has 5 nitrogen and oxygen atoms in total. The zero-order valence-corrected chi connectivity index (χ0v) is 15.5. The van der Waals surface area contributed by atoms with E-state index in [-0.39, 0.29) is 24.2 Å². The number of amides is 2. The number of anilines is 2. The molecular formula is C19H18F5N3O2. The summed E-state index contributed by atoms with van der Waals surface area (Å²) in [5.74, 6) is -3.38. The average Bonchev–Trinajstić information content (AvgIpc) is 2.60. The lowest BCUT2D eigenvalue weighted by Gasteiger charge is -2.20. The maximum atomic E-state index is 13.6. The van der Waals surface area contributed by atoms with Gasteiger partial charge in [-0.25, -0.2) is 8.78 Å². The molecule has 0 aromatic heterocycles. The zero-order valence-electron chi connectivity index (χ0n) is 15.5. The first-order valence-corrected chi connectivity index (χ1v) is 8.40. The van der Waals surface area contributed by atoms with Crippen LogP contribution in [0.25, 0.3) is 0 Å². The summed E-state index contributed by atoms with van der Waals surface area (Å²) in [6.45, 7) is -0.197. The molecule has 156 valence electrons. The van der Waals surface area contributed by atoms with Crippen molar-refractivity contribution in [3.63, 3.8) is 0 Å². The molecule has 0 unspecified atom stereocenters. The molecule has 0 aliphatic rings. The largest absolute Gasteiger partial charge is 0.416 e. The van der Waals surface area contributed by atoms with E-state index in [9.17, 15) is 31.5 Å². The lowest BCUT2D eigenvalue weighted by atomic mass is 10.1. The predicted molar refractivity (Wildman–Crippen MR) is 97.7 cm³/mol. The number of carbonyl (C=O) groups excluding carboxylic acids is 2. The van der Waals surface area contributed by atoms with Gasteiger partial charge in [-0.05, 0) is 30.3 Å². The highest BCUT2D eigenvalue weighted by atomic mass is 19.4. The third kappa shape index (κ3) is 5.90. The number of nitrogens with zero attached hydrogens (tertiary/aromatic N) is 1. The van der Waals surface area contributed by atoms with Gasteiger partial charge in [0.25, 0.3) is 5.91 Å². The molecule has 29 heavy (non-hydrogen) atoms. The van der Waals surface area contributed by atoms with E-state index in [4.69, 9.17) is 0 Å². The summed E-state index contributed by atoms with van der Waals surface area (Å²) in [4.78, 5) is 25.5. The Bertz CT molecular complexity index is 913. The van der Waals surface area contributed by atoms with Gasteiger partial charge in [-0.1, -0.05) is 0 Å². The number of alkyl halides is 3. The molecule has 0 aliphatic carbocycles. The minimum atomic E-state index is -4.57. The fourth-order valence-corrected chi connectivity index (χ4v) is 2.47. The summed E-state index contributed by atoms with van der Waals surface area (Å²) in [5.41, 5.74) is -0.979. The third-order valence-electron chi connectivity index (χ3n) is 3.89. The summed E-state index contributed by atoms with van der Waals surface area (Å²) in [6, 6.07) is 5.39. The smallest absolute Gasteiger partial charge is 0.376 e. The van der Waals surface area contributed by atoms with E-state index in [0.29, 0.717) is 11.8 Å². The first kappa shape index (κ1) is 22.1. The van der Waals surface area contributed by atoms with Crippen molar-refractivity contribution in [2.24, 2.45) is 0 Å². The molecule has 2 aromatic carbocycles. The highest BCUT2D eigenvalue weighted by Gasteiger charge is 2.31. The molecule has 0 saturated heterocycles. The lowest BCUT2D eigenvalue weighted by molar-refractivity contribution is -0.137. The van der Waals surface area contributed by atoms with Crippen molar-refractivity contribution in [3.05, 3.63) is 59.2 Å². The van der Waals surface area contributed by atoms with Crippen LogP contribution in [0.15, 0.2) is 36.4 Å². The molecular weight excluding hydrogens is 397 g/mol. The van der Waals surface area contributed by atoms with Crippen LogP contribution in [0.3, 0.4) is 0 Å². The van der Waals surface area contributed by atoms with E-state index in [1.54, 1.807) is 14.1 Å². The molecule has 0 atom stereocenters. The van der Waals surface area contributed by atoms with Crippen LogP contribution < -0.4 is 15.5 Å². The highest BCUT2D eigenvalue weighted by Crippen LogP contribution is 2.34. The van der Waals surface area contributed by atoms with Crippen LogP contribution in [0.4, 0.5) is 33.3 Å². The fourth-order valence-electron chi connectivity index (χ4n) is 2.47. The van der Waals surface area contributed by atoms with E-state index < -0.39 is 35.2 Å². The number of carbonyl (C=O) groups is 2. The summed E-state index contributed by atoms with van der Waals surface area (Å²) < 4.78 is 65.2. The zero-order chi connectivity index (χ0) is 21.8. The molecule has 10 heteroatoms. The number of rotatable bonds is 6. The van der Waals surface area contributed by atoms with Crippen LogP contribution in [-0.4, -0.2) is 32.5 Å². The molecule has 2 amide bonds. The summed E-state index contributed by atoms with van der Waals surface area (Å²) in [6.07, 6.45) is -4.84. The van der Waals surface area contributed by atoms with Gasteiger partial charge in [0, 0.05) is 33.1 Å². The van der Waals surface area contributed by atoms with E-state index in [1.165, 1.54) is 11.0 Å². The van der Waals surface area contributed by atoms with E-state index in [0.717, 1.165) is 24.3 Å². The standard InChI is InChI=1S/C19H18F5N3O2/c1-27(2)16-6-3-11(19(22,23)24)9-15(16)26-17(28)7-8-25-18(29)13-5-4-12(20)10-14(13)21/h3-6,9-10H,7-8H2,1-2H3,(H,25,29)(H,26,28). The van der Waals surface area contributed by atoms with Crippen LogP contribution in [0.2, 0.25) is 0 Å². The number of hydrogen-bond donors (Lipinski definition) is 2. The Hall–Kier alpha value is -3.17. The molecule has 0 heterocycles. The van der Waals surface area contributed by atoms with Crippen molar-refractivity contribution < 1.29 is 31.5 Å². The topological polar surface area (TPSA) is 61.4 Å². The molecule has 0 spiro atoms. The number of nitrogens with one attached hydrogen (secondary N) is 2. The van der Waals surface area contributed by atoms with Gasteiger partial charge < -0.3 is 15.5 Å². The fraction of sp³-hybridized carbons (Fsp3) is 0.263. The maximum Gasteiger partial charge on any atom is 0.416 e. The Morgan fingerprint density at radius 3 is 2.31 bits per heavy atom. The van der Waals surface area contributed by atoms with E-state index in [2.05, 4.69) is 10.6 Å². The average molecular weight is 415 g/mol. The Kier molecular flexibility index (Phi) is 6.78. The van der Waals surface area contributed by atoms with Gasteiger partial charge >= 0.3 is 6.18 Å². The van der Waals surface area contributed by atoms with Crippen molar-refractivity contribution in [1.29, 1.82) is 0 Å². The summed E-state index contributed by atoms with van der Waals surface area (Å²) in [7, 11) is 3.21. The second kappa shape index (κ2) is 8.89. The van der Waals surface area contributed by atoms with Crippen LogP contribution in [0, 0.1) is 11.6 Å². The van der Waals surface area contributed by atoms with E-state index in [1.807, 2.05) is 0 Å². The monoisotopic (exact) mass is 415 g/mol. The number of benzene rings is 2. The Balaban J connectivity index is 2.01. The quantitative estimate of drug-likeness (QED) is 0.706. The van der Waals surface area contributed by atoms with Gasteiger partial charge in [0.2, 0.25) is 5.91 Å². The molecule has 2 aromatic rings. The first-order valence-electron chi connectivity index (χ1n) is 8.40. The van der Waals surface area contributed by atoms with Crippen LogP contribution in [0.1, 0.15) is 22.3 Å². The summed E-state index contributed by atoms with van der Waals surface area (Å²) >= 11 is 0. The Labute approximate surface area is 163 Å².